The van der Waals surface area contributed by atoms with E-state index >= 15 is 0 Å². The Hall–Kier alpha value is -4.32. The first kappa shape index (κ1) is 35.7. The monoisotopic (exact) mass is 601 g/mol. The summed E-state index contributed by atoms with van der Waals surface area (Å²) in [4.78, 5) is 98.2. The Balaban J connectivity index is 2.97. The summed E-state index contributed by atoms with van der Waals surface area (Å²) in [6.45, 7) is 1.98. The molecule has 0 aromatic heterocycles. The molecule has 42 heavy (non-hydrogen) atoms. The minimum absolute atomic E-state index is 0.0704. The Morgan fingerprint density at radius 3 is 2.07 bits per heavy atom. The van der Waals surface area contributed by atoms with Crippen molar-refractivity contribution in [3.8, 4) is 0 Å². The van der Waals surface area contributed by atoms with Crippen molar-refractivity contribution in [1.29, 1.82) is 0 Å². The van der Waals surface area contributed by atoms with Gasteiger partial charge < -0.3 is 53.0 Å². The number of nitrogens with two attached hydrogens (primary N) is 2. The smallest absolute Gasteiger partial charge is 0.328 e. The summed E-state index contributed by atoms with van der Waals surface area (Å²) in [5, 5.41) is 35.9. The van der Waals surface area contributed by atoms with Gasteiger partial charge in [0.1, 0.15) is 24.2 Å². The number of aliphatic hydroxyl groups excluding tert-OH is 1. The van der Waals surface area contributed by atoms with E-state index in [1.54, 1.807) is 13.8 Å². The van der Waals surface area contributed by atoms with E-state index < -0.39 is 104 Å². The minimum atomic E-state index is -1.68. The Kier molecular flexibility index (Phi) is 14.3. The first-order chi connectivity index (χ1) is 19.6. The third-order valence-corrected chi connectivity index (χ3v) is 6.17. The SMILES string of the molecule is CC(C)C[C@H](NC(=O)[C@@H]1CCCN1C(=O)[C@@H](N)CC(N)=O)C(=O)N[C@@H](CC(=O)O)C(=O)NCC(=O)N[C@@H](CO)C(=O)O. The van der Waals surface area contributed by atoms with Crippen molar-refractivity contribution >= 4 is 47.4 Å². The zero-order valence-corrected chi connectivity index (χ0v) is 23.3. The maximum Gasteiger partial charge on any atom is 0.328 e. The molecule has 0 saturated carbocycles. The van der Waals surface area contributed by atoms with Gasteiger partial charge in [-0.15, -0.1) is 0 Å². The molecule has 0 spiro atoms. The molecule has 236 valence electrons. The second-order valence-corrected chi connectivity index (χ2v) is 10.2. The first-order valence-electron chi connectivity index (χ1n) is 13.1. The van der Waals surface area contributed by atoms with E-state index in [1.165, 1.54) is 4.90 Å². The fourth-order valence-corrected chi connectivity index (χ4v) is 4.17. The number of nitrogens with one attached hydrogen (secondary N) is 4. The third kappa shape index (κ3) is 11.7. The lowest BCUT2D eigenvalue weighted by molar-refractivity contribution is -0.143. The Bertz CT molecular complexity index is 1050. The number of hydrogen-bond donors (Lipinski definition) is 9. The second-order valence-electron chi connectivity index (χ2n) is 10.2. The lowest BCUT2D eigenvalue weighted by Gasteiger charge is -2.29. The van der Waals surface area contributed by atoms with Gasteiger partial charge >= 0.3 is 11.9 Å². The average Bonchev–Trinajstić information content (AvgIpc) is 3.38. The number of nitrogens with zero attached hydrogens (tertiary/aromatic N) is 1. The van der Waals surface area contributed by atoms with Gasteiger partial charge in [0.05, 0.1) is 32.0 Å². The van der Waals surface area contributed by atoms with Crippen LogP contribution in [0.3, 0.4) is 0 Å². The highest BCUT2D eigenvalue weighted by Crippen LogP contribution is 2.19. The predicted octanol–water partition coefficient (Wildman–Crippen LogP) is -4.65. The topological polar surface area (TPSA) is 301 Å². The van der Waals surface area contributed by atoms with Gasteiger partial charge in [0, 0.05) is 6.54 Å². The Morgan fingerprint density at radius 1 is 0.905 bits per heavy atom. The summed E-state index contributed by atoms with van der Waals surface area (Å²) in [7, 11) is 0. The van der Waals surface area contributed by atoms with Crippen molar-refractivity contribution in [2.45, 2.75) is 76.2 Å². The summed E-state index contributed by atoms with van der Waals surface area (Å²) >= 11 is 0. The quantitative estimate of drug-likeness (QED) is 0.0760. The number of carboxylic acid groups (broad SMARTS) is 2. The molecule has 5 atom stereocenters. The van der Waals surface area contributed by atoms with Crippen LogP contribution in [0.15, 0.2) is 0 Å². The van der Waals surface area contributed by atoms with Crippen LogP contribution in [0.2, 0.25) is 0 Å². The highest BCUT2D eigenvalue weighted by molar-refractivity contribution is 5.97. The number of aliphatic carboxylic acids is 2. The summed E-state index contributed by atoms with van der Waals surface area (Å²) in [5.41, 5.74) is 10.9. The molecule has 1 heterocycles. The molecule has 11 N–H and O–H groups in total. The maximum atomic E-state index is 13.1. The number of carboxylic acids is 2. The van der Waals surface area contributed by atoms with E-state index in [9.17, 15) is 43.5 Å². The molecular weight excluding hydrogens is 562 g/mol. The van der Waals surface area contributed by atoms with Gasteiger partial charge in [0.2, 0.25) is 35.4 Å². The molecule has 0 aliphatic carbocycles. The van der Waals surface area contributed by atoms with Crippen molar-refractivity contribution in [2.75, 3.05) is 19.7 Å². The van der Waals surface area contributed by atoms with Gasteiger partial charge in [-0.3, -0.25) is 33.6 Å². The molecule has 1 fully saturated rings. The number of rotatable bonds is 17. The van der Waals surface area contributed by atoms with E-state index in [-0.39, 0.29) is 25.3 Å². The molecule has 0 aromatic carbocycles. The number of carbonyl (C=O) groups is 8. The number of primary amides is 1. The maximum absolute atomic E-state index is 13.1. The molecule has 0 aromatic rings. The van der Waals surface area contributed by atoms with Gasteiger partial charge in [-0.05, 0) is 25.2 Å². The number of hydrogen-bond acceptors (Lipinski definition) is 10. The minimum Gasteiger partial charge on any atom is -0.481 e. The third-order valence-electron chi connectivity index (χ3n) is 6.17. The van der Waals surface area contributed by atoms with Gasteiger partial charge in [0.25, 0.3) is 0 Å². The van der Waals surface area contributed by atoms with Crippen molar-refractivity contribution in [1.82, 2.24) is 26.2 Å². The Labute approximate surface area is 240 Å². The lowest BCUT2D eigenvalue weighted by atomic mass is 10.0. The van der Waals surface area contributed by atoms with Crippen LogP contribution in [0.1, 0.15) is 46.0 Å². The average molecular weight is 602 g/mol. The van der Waals surface area contributed by atoms with Crippen LogP contribution >= 0.6 is 0 Å². The van der Waals surface area contributed by atoms with Crippen LogP contribution in [0, 0.1) is 5.92 Å². The number of likely N-dealkylation sites (tertiary alicyclic amines) is 1. The molecule has 18 heteroatoms. The van der Waals surface area contributed by atoms with Crippen LogP contribution in [0.5, 0.6) is 0 Å². The number of aliphatic hydroxyl groups is 1. The number of amides is 6. The van der Waals surface area contributed by atoms with Crippen molar-refractivity contribution in [3.05, 3.63) is 0 Å². The number of carbonyl (C=O) groups excluding carboxylic acids is 6. The molecule has 0 radical (unpaired) electrons. The summed E-state index contributed by atoms with van der Waals surface area (Å²) in [6, 6.07) is -6.80. The highest BCUT2D eigenvalue weighted by Gasteiger charge is 2.38. The van der Waals surface area contributed by atoms with Crippen molar-refractivity contribution in [2.24, 2.45) is 17.4 Å². The van der Waals surface area contributed by atoms with Crippen LogP contribution in [0.25, 0.3) is 0 Å². The second kappa shape index (κ2) is 16.8. The van der Waals surface area contributed by atoms with Gasteiger partial charge in [-0.2, -0.15) is 0 Å². The fraction of sp³-hybridized carbons (Fsp3) is 0.667. The van der Waals surface area contributed by atoms with Gasteiger partial charge in [0.15, 0.2) is 0 Å². The van der Waals surface area contributed by atoms with Crippen LogP contribution < -0.4 is 32.7 Å². The zero-order chi connectivity index (χ0) is 32.1. The summed E-state index contributed by atoms with van der Waals surface area (Å²) < 4.78 is 0. The van der Waals surface area contributed by atoms with Crippen LogP contribution in [-0.4, -0.2) is 118 Å². The molecule has 1 rings (SSSR count). The molecule has 0 bridgehead atoms. The first-order valence-corrected chi connectivity index (χ1v) is 13.1. The van der Waals surface area contributed by atoms with Gasteiger partial charge in [-0.1, -0.05) is 13.8 Å². The van der Waals surface area contributed by atoms with E-state index in [0.717, 1.165) is 0 Å². The Morgan fingerprint density at radius 2 is 1.55 bits per heavy atom. The summed E-state index contributed by atoms with van der Waals surface area (Å²) in [6.07, 6.45) is -0.534. The van der Waals surface area contributed by atoms with E-state index in [2.05, 4.69) is 16.0 Å². The molecule has 6 amide bonds. The van der Waals surface area contributed by atoms with Gasteiger partial charge in [-0.25, -0.2) is 4.79 Å². The largest absolute Gasteiger partial charge is 0.481 e. The fourth-order valence-electron chi connectivity index (χ4n) is 4.17. The molecule has 1 aliphatic rings. The lowest BCUT2D eigenvalue weighted by Crippen LogP contribution is -2.58. The van der Waals surface area contributed by atoms with E-state index in [0.29, 0.717) is 6.42 Å². The normalized spacial score (nSPS) is 17.4. The molecule has 1 aliphatic heterocycles. The molecule has 0 unspecified atom stereocenters. The van der Waals surface area contributed by atoms with Crippen molar-refractivity contribution in [3.63, 3.8) is 0 Å². The van der Waals surface area contributed by atoms with Crippen LogP contribution in [-0.2, 0) is 38.4 Å². The summed E-state index contributed by atoms with van der Waals surface area (Å²) in [5.74, 6) is -8.28. The molecule has 18 nitrogen and oxygen atoms in total. The van der Waals surface area contributed by atoms with E-state index in [4.69, 9.17) is 21.7 Å². The molecule has 1 saturated heterocycles. The standard InChI is InChI=1S/C24H39N7O11/c1-11(2)6-13(30-22(39)16-4-3-5-31(16)23(40)12(25)7-17(26)33)21(38)29-14(8-19(35)36)20(37)27-9-18(34)28-15(10-32)24(41)42/h11-16,32H,3-10,25H2,1-2H3,(H2,26,33)(H,27,37)(H,28,34)(H,29,38)(H,30,39)(H,35,36)(H,41,42)/t12-,13-,14-,15-,16-/m0/s1. The van der Waals surface area contributed by atoms with Crippen molar-refractivity contribution < 1.29 is 53.7 Å². The zero-order valence-electron chi connectivity index (χ0n) is 23.3. The van der Waals surface area contributed by atoms with Crippen LogP contribution in [0.4, 0.5) is 0 Å². The van der Waals surface area contributed by atoms with E-state index in [1.807, 2.05) is 5.32 Å². The molecular formula is C24H39N7O11. The predicted molar refractivity (Wildman–Crippen MR) is 142 cm³/mol. The highest BCUT2D eigenvalue weighted by atomic mass is 16.4.